The van der Waals surface area contributed by atoms with Gasteiger partial charge in [-0.3, -0.25) is 4.98 Å². The minimum Gasteiger partial charge on any atom is -0.378 e. The fourth-order valence-corrected chi connectivity index (χ4v) is 1.93. The summed E-state index contributed by atoms with van der Waals surface area (Å²) < 4.78 is 5.15. The highest BCUT2D eigenvalue weighted by molar-refractivity contribution is 5.23. The molecule has 0 amide bonds. The van der Waals surface area contributed by atoms with E-state index < -0.39 is 5.41 Å². The van der Waals surface area contributed by atoms with Crippen molar-refractivity contribution >= 4 is 0 Å². The zero-order valence-electron chi connectivity index (χ0n) is 8.60. The van der Waals surface area contributed by atoms with E-state index in [0.717, 1.165) is 5.56 Å². The molecule has 1 unspecified atom stereocenters. The predicted octanol–water partition coefficient (Wildman–Crippen LogP) is 0.882. The Morgan fingerprint density at radius 1 is 1.67 bits per heavy atom. The highest BCUT2D eigenvalue weighted by Gasteiger charge is 2.46. The van der Waals surface area contributed by atoms with Gasteiger partial charge in [0.15, 0.2) is 0 Å². The van der Waals surface area contributed by atoms with Gasteiger partial charge in [0.25, 0.3) is 0 Å². The van der Waals surface area contributed by atoms with Crippen LogP contribution in [0.5, 0.6) is 0 Å². The van der Waals surface area contributed by atoms with E-state index in [-0.39, 0.29) is 6.04 Å². The highest BCUT2D eigenvalue weighted by atomic mass is 16.5. The first-order chi connectivity index (χ1) is 7.32. The van der Waals surface area contributed by atoms with E-state index in [1.165, 1.54) is 0 Å². The molecule has 1 aromatic rings. The van der Waals surface area contributed by atoms with Gasteiger partial charge in [0, 0.05) is 12.4 Å². The molecular weight excluding hydrogens is 190 g/mol. The standard InChI is InChI=1S/C11H13N3O/c1-13-10(9-3-2-4-14-5-9)11(6-12)7-15-8-11/h2-5,10,13H,7-8H2,1H3. The lowest BCUT2D eigenvalue weighted by Crippen LogP contribution is -2.50. The van der Waals surface area contributed by atoms with Gasteiger partial charge >= 0.3 is 0 Å². The lowest BCUT2D eigenvalue weighted by molar-refractivity contribution is -0.0964. The van der Waals surface area contributed by atoms with Crippen LogP contribution in [0.25, 0.3) is 0 Å². The molecule has 1 aliphatic rings. The van der Waals surface area contributed by atoms with Crippen LogP contribution in [-0.4, -0.2) is 25.2 Å². The van der Waals surface area contributed by atoms with E-state index in [4.69, 9.17) is 4.74 Å². The summed E-state index contributed by atoms with van der Waals surface area (Å²) in [5, 5.41) is 12.4. The number of ether oxygens (including phenoxy) is 1. The predicted molar refractivity (Wildman–Crippen MR) is 54.9 cm³/mol. The van der Waals surface area contributed by atoms with Crippen LogP contribution in [0, 0.1) is 16.7 Å². The molecule has 0 bridgehead atoms. The van der Waals surface area contributed by atoms with Crippen molar-refractivity contribution in [3.05, 3.63) is 30.1 Å². The first-order valence-corrected chi connectivity index (χ1v) is 4.88. The summed E-state index contributed by atoms with van der Waals surface area (Å²) in [7, 11) is 1.86. The van der Waals surface area contributed by atoms with Crippen molar-refractivity contribution in [3.63, 3.8) is 0 Å². The second-order valence-electron chi connectivity index (χ2n) is 3.77. The van der Waals surface area contributed by atoms with Crippen molar-refractivity contribution in [2.75, 3.05) is 20.3 Å². The first-order valence-electron chi connectivity index (χ1n) is 4.88. The lowest BCUT2D eigenvalue weighted by Gasteiger charge is -2.41. The van der Waals surface area contributed by atoms with Crippen molar-refractivity contribution < 1.29 is 4.74 Å². The zero-order chi connectivity index (χ0) is 10.7. The topological polar surface area (TPSA) is 57.9 Å². The highest BCUT2D eigenvalue weighted by Crippen LogP contribution is 2.39. The molecule has 4 nitrogen and oxygen atoms in total. The monoisotopic (exact) mass is 203 g/mol. The van der Waals surface area contributed by atoms with Crippen molar-refractivity contribution in [2.45, 2.75) is 6.04 Å². The van der Waals surface area contributed by atoms with Crippen molar-refractivity contribution in [1.82, 2.24) is 10.3 Å². The summed E-state index contributed by atoms with van der Waals surface area (Å²) in [6.07, 6.45) is 3.52. The molecule has 1 atom stereocenters. The van der Waals surface area contributed by atoms with Gasteiger partial charge in [-0.15, -0.1) is 0 Å². The zero-order valence-corrected chi connectivity index (χ0v) is 8.60. The number of nitrogens with one attached hydrogen (secondary N) is 1. The Labute approximate surface area is 88.9 Å². The summed E-state index contributed by atoms with van der Waals surface area (Å²) in [6, 6.07) is 6.20. The van der Waals surface area contributed by atoms with Crippen LogP contribution in [0.4, 0.5) is 0 Å². The number of nitrogens with zero attached hydrogens (tertiary/aromatic N) is 2. The second-order valence-corrected chi connectivity index (χ2v) is 3.77. The summed E-state index contributed by atoms with van der Waals surface area (Å²) in [4.78, 5) is 4.07. The summed E-state index contributed by atoms with van der Waals surface area (Å²) in [6.45, 7) is 0.980. The van der Waals surface area contributed by atoms with Crippen molar-refractivity contribution in [3.8, 4) is 6.07 Å². The van der Waals surface area contributed by atoms with Gasteiger partial charge in [0.05, 0.1) is 25.3 Å². The van der Waals surface area contributed by atoms with E-state index >= 15 is 0 Å². The number of pyridine rings is 1. The molecular formula is C11H13N3O. The fourth-order valence-electron chi connectivity index (χ4n) is 1.93. The van der Waals surface area contributed by atoms with Crippen LogP contribution >= 0.6 is 0 Å². The average Bonchev–Trinajstić information content (AvgIpc) is 2.24. The van der Waals surface area contributed by atoms with Crippen LogP contribution < -0.4 is 5.32 Å². The molecule has 15 heavy (non-hydrogen) atoms. The fraction of sp³-hybridized carbons (Fsp3) is 0.455. The van der Waals surface area contributed by atoms with E-state index in [0.29, 0.717) is 13.2 Å². The maximum Gasteiger partial charge on any atom is 0.123 e. The lowest BCUT2D eigenvalue weighted by atomic mass is 9.77. The van der Waals surface area contributed by atoms with Crippen LogP contribution in [0.2, 0.25) is 0 Å². The first kappa shape index (κ1) is 10.1. The molecule has 0 radical (unpaired) electrons. The number of aromatic nitrogens is 1. The van der Waals surface area contributed by atoms with Gasteiger partial charge in [0.1, 0.15) is 5.41 Å². The van der Waals surface area contributed by atoms with Crippen LogP contribution in [0.1, 0.15) is 11.6 Å². The SMILES string of the molecule is CNC(c1cccnc1)C1(C#N)COC1. The smallest absolute Gasteiger partial charge is 0.123 e. The third-order valence-corrected chi connectivity index (χ3v) is 2.80. The molecule has 78 valence electrons. The van der Waals surface area contributed by atoms with Crippen molar-refractivity contribution in [2.24, 2.45) is 5.41 Å². The number of hydrogen-bond acceptors (Lipinski definition) is 4. The molecule has 2 rings (SSSR count). The summed E-state index contributed by atoms with van der Waals surface area (Å²) in [5.41, 5.74) is 0.600. The van der Waals surface area contributed by atoms with Crippen molar-refractivity contribution in [1.29, 1.82) is 5.26 Å². The van der Waals surface area contributed by atoms with E-state index in [2.05, 4.69) is 16.4 Å². The Hall–Kier alpha value is -1.44. The maximum absolute atomic E-state index is 9.21. The molecule has 0 spiro atoms. The number of rotatable bonds is 3. The summed E-state index contributed by atoms with van der Waals surface area (Å²) >= 11 is 0. The molecule has 0 aromatic carbocycles. The molecule has 2 heterocycles. The van der Waals surface area contributed by atoms with E-state index in [1.54, 1.807) is 12.4 Å². The third kappa shape index (κ3) is 1.60. The second kappa shape index (κ2) is 3.97. The Morgan fingerprint density at radius 3 is 2.87 bits per heavy atom. The average molecular weight is 203 g/mol. The van der Waals surface area contributed by atoms with Crippen LogP contribution in [-0.2, 0) is 4.74 Å². The van der Waals surface area contributed by atoms with Crippen LogP contribution in [0.15, 0.2) is 24.5 Å². The largest absolute Gasteiger partial charge is 0.378 e. The molecule has 0 saturated carbocycles. The Kier molecular flexibility index (Phi) is 2.67. The Bertz CT molecular complexity index is 367. The molecule has 1 fully saturated rings. The molecule has 1 saturated heterocycles. The third-order valence-electron chi connectivity index (χ3n) is 2.80. The quantitative estimate of drug-likeness (QED) is 0.792. The minimum absolute atomic E-state index is 0.00931. The molecule has 1 aliphatic heterocycles. The van der Waals surface area contributed by atoms with Crippen LogP contribution in [0.3, 0.4) is 0 Å². The Morgan fingerprint density at radius 2 is 2.47 bits per heavy atom. The summed E-state index contributed by atoms with van der Waals surface area (Å²) in [5.74, 6) is 0. The normalized spacial score (nSPS) is 20.0. The van der Waals surface area contributed by atoms with E-state index in [1.807, 2.05) is 19.2 Å². The van der Waals surface area contributed by atoms with Gasteiger partial charge in [-0.2, -0.15) is 5.26 Å². The number of hydrogen-bond donors (Lipinski definition) is 1. The molecule has 1 aromatic heterocycles. The minimum atomic E-state index is -0.433. The van der Waals surface area contributed by atoms with Gasteiger partial charge in [-0.1, -0.05) is 6.07 Å². The molecule has 1 N–H and O–H groups in total. The van der Waals surface area contributed by atoms with Gasteiger partial charge in [-0.25, -0.2) is 0 Å². The van der Waals surface area contributed by atoms with Gasteiger partial charge < -0.3 is 10.1 Å². The molecule has 4 heteroatoms. The Balaban J connectivity index is 2.29. The molecule has 0 aliphatic carbocycles. The van der Waals surface area contributed by atoms with Gasteiger partial charge in [-0.05, 0) is 18.7 Å². The maximum atomic E-state index is 9.21. The van der Waals surface area contributed by atoms with E-state index in [9.17, 15) is 5.26 Å². The number of nitriles is 1. The van der Waals surface area contributed by atoms with Gasteiger partial charge in [0.2, 0.25) is 0 Å².